The minimum atomic E-state index is 1.03. The van der Waals surface area contributed by atoms with Crippen molar-refractivity contribution in [2.24, 2.45) is 0 Å². The van der Waals surface area contributed by atoms with Crippen LogP contribution in [0.5, 0.6) is 0 Å². The first-order valence-electron chi connectivity index (χ1n) is 8.74. The fourth-order valence-electron chi connectivity index (χ4n) is 3.31. The summed E-state index contributed by atoms with van der Waals surface area (Å²) in [6.07, 6.45) is 3.94. The molecule has 0 atom stereocenters. The first-order chi connectivity index (χ1) is 13.7. The summed E-state index contributed by atoms with van der Waals surface area (Å²) < 4.78 is 5.87. The molecule has 0 spiro atoms. The number of aromatic nitrogens is 4. The van der Waals surface area contributed by atoms with Gasteiger partial charge in [-0.1, -0.05) is 36.4 Å². The van der Waals surface area contributed by atoms with Crippen LogP contribution in [0.3, 0.4) is 0 Å². The van der Waals surface area contributed by atoms with E-state index >= 15 is 0 Å². The Bertz CT molecular complexity index is 1340. The number of halogens is 2. The van der Waals surface area contributed by atoms with Crippen LogP contribution in [0.4, 0.5) is 0 Å². The number of benzene rings is 2. The average Bonchev–Trinajstić information content (AvgIpc) is 3.25. The minimum absolute atomic E-state index is 1.03. The second-order valence-corrected chi connectivity index (χ2v) is 8.22. The van der Waals surface area contributed by atoms with Crippen LogP contribution in [0.15, 0.2) is 94.1 Å². The third kappa shape index (κ3) is 3.08. The maximum atomic E-state index is 4.46. The summed E-state index contributed by atoms with van der Waals surface area (Å²) in [5.41, 5.74) is 4.35. The summed E-state index contributed by atoms with van der Waals surface area (Å²) in [5, 5.41) is 11.3. The molecule has 0 unspecified atom stereocenters. The van der Waals surface area contributed by atoms with Crippen LogP contribution in [0, 0.1) is 0 Å². The number of nitrogens with zero attached hydrogens (tertiary/aromatic N) is 4. The normalized spacial score (nSPS) is 11.2. The van der Waals surface area contributed by atoms with Gasteiger partial charge in [0.15, 0.2) is 0 Å². The molecule has 6 rings (SSSR count). The first-order valence-corrected chi connectivity index (χ1v) is 10.3. The van der Waals surface area contributed by atoms with Gasteiger partial charge in [-0.3, -0.25) is 0 Å². The summed E-state index contributed by atoms with van der Waals surface area (Å²) in [5.74, 6) is 0. The molecule has 0 aliphatic carbocycles. The standard InChI is InChI=1S/2C11H7BrN2/c2*12-8-5-6-11-9-3-1-2-4-10(9)13-14(11)7-8/h2*1-7H. The molecular weight excluding hydrogens is 480 g/mol. The van der Waals surface area contributed by atoms with Crippen molar-refractivity contribution in [1.82, 2.24) is 19.2 Å². The second-order valence-electron chi connectivity index (χ2n) is 6.39. The molecule has 6 heteroatoms. The van der Waals surface area contributed by atoms with Gasteiger partial charge in [0.05, 0.1) is 22.1 Å². The van der Waals surface area contributed by atoms with Gasteiger partial charge in [-0.15, -0.1) is 0 Å². The molecule has 0 bridgehead atoms. The van der Waals surface area contributed by atoms with Gasteiger partial charge in [-0.25, -0.2) is 9.03 Å². The Balaban J connectivity index is 0.000000122. The predicted octanol–water partition coefficient (Wildman–Crippen LogP) is 6.50. The lowest BCUT2D eigenvalue weighted by Crippen LogP contribution is -1.84. The van der Waals surface area contributed by atoms with E-state index in [1.165, 1.54) is 10.8 Å². The lowest BCUT2D eigenvalue weighted by Gasteiger charge is -1.92. The van der Waals surface area contributed by atoms with Crippen LogP contribution in [0.2, 0.25) is 0 Å². The van der Waals surface area contributed by atoms with Crippen molar-refractivity contribution in [3.05, 3.63) is 94.1 Å². The Morgan fingerprint density at radius 3 is 1.43 bits per heavy atom. The fourth-order valence-corrected chi connectivity index (χ4v) is 3.96. The third-order valence-corrected chi connectivity index (χ3v) is 5.51. The van der Waals surface area contributed by atoms with E-state index in [0.29, 0.717) is 0 Å². The second kappa shape index (κ2) is 7.04. The van der Waals surface area contributed by atoms with E-state index in [1.54, 1.807) is 0 Å². The molecule has 4 heterocycles. The van der Waals surface area contributed by atoms with Crippen LogP contribution in [0.1, 0.15) is 0 Å². The molecule has 0 radical (unpaired) electrons. The summed E-state index contributed by atoms with van der Waals surface area (Å²) in [6, 6.07) is 24.5. The largest absolute Gasteiger partial charge is 0.239 e. The van der Waals surface area contributed by atoms with Gasteiger partial charge in [-0.05, 0) is 68.3 Å². The van der Waals surface area contributed by atoms with Crippen molar-refractivity contribution < 1.29 is 0 Å². The van der Waals surface area contributed by atoms with Crippen LogP contribution >= 0.6 is 31.9 Å². The van der Waals surface area contributed by atoms with E-state index in [2.05, 4.69) is 66.3 Å². The van der Waals surface area contributed by atoms with Crippen LogP contribution in [-0.4, -0.2) is 19.2 Å². The molecule has 28 heavy (non-hydrogen) atoms. The number of hydrogen-bond donors (Lipinski definition) is 0. The molecule has 2 aromatic carbocycles. The van der Waals surface area contributed by atoms with Gasteiger partial charge in [0.2, 0.25) is 0 Å². The highest BCUT2D eigenvalue weighted by Crippen LogP contribution is 2.22. The van der Waals surface area contributed by atoms with Crippen LogP contribution < -0.4 is 0 Å². The summed E-state index contributed by atoms with van der Waals surface area (Å²) in [7, 11) is 0. The highest BCUT2D eigenvalue weighted by molar-refractivity contribution is 9.10. The maximum Gasteiger partial charge on any atom is 0.0933 e. The molecule has 0 saturated heterocycles. The smallest absolute Gasteiger partial charge is 0.0933 e. The topological polar surface area (TPSA) is 34.6 Å². The number of hydrogen-bond acceptors (Lipinski definition) is 2. The molecule has 6 aromatic rings. The van der Waals surface area contributed by atoms with E-state index in [0.717, 1.165) is 31.0 Å². The SMILES string of the molecule is Brc1ccc2c3ccccc3nn2c1.Brc1ccc2c3ccccc3nn2c1. The lowest BCUT2D eigenvalue weighted by molar-refractivity contribution is 0.976. The van der Waals surface area contributed by atoms with Crippen molar-refractivity contribution in [1.29, 1.82) is 0 Å². The van der Waals surface area contributed by atoms with Gasteiger partial charge in [0.25, 0.3) is 0 Å². The van der Waals surface area contributed by atoms with E-state index in [9.17, 15) is 0 Å². The van der Waals surface area contributed by atoms with Gasteiger partial charge < -0.3 is 0 Å². The fraction of sp³-hybridized carbons (Fsp3) is 0. The van der Waals surface area contributed by atoms with Crippen molar-refractivity contribution >= 4 is 64.7 Å². The van der Waals surface area contributed by atoms with E-state index < -0.39 is 0 Å². The quantitative estimate of drug-likeness (QED) is 0.242. The van der Waals surface area contributed by atoms with Crippen LogP contribution in [-0.2, 0) is 0 Å². The zero-order valence-electron chi connectivity index (χ0n) is 14.6. The van der Waals surface area contributed by atoms with Gasteiger partial charge >= 0.3 is 0 Å². The molecule has 0 aliphatic rings. The monoisotopic (exact) mass is 492 g/mol. The van der Waals surface area contributed by atoms with Gasteiger partial charge in [-0.2, -0.15) is 10.2 Å². The highest BCUT2D eigenvalue weighted by Gasteiger charge is 2.03. The molecule has 0 saturated carbocycles. The highest BCUT2D eigenvalue weighted by atomic mass is 79.9. The Morgan fingerprint density at radius 1 is 0.536 bits per heavy atom. The zero-order chi connectivity index (χ0) is 19.1. The molecule has 0 aliphatic heterocycles. The van der Waals surface area contributed by atoms with Crippen molar-refractivity contribution in [2.75, 3.05) is 0 Å². The Morgan fingerprint density at radius 2 is 0.964 bits per heavy atom. The summed E-state index contributed by atoms with van der Waals surface area (Å²) in [6.45, 7) is 0. The number of rotatable bonds is 0. The molecule has 4 nitrogen and oxygen atoms in total. The Labute approximate surface area is 177 Å². The van der Waals surface area contributed by atoms with E-state index in [4.69, 9.17) is 0 Å². The average molecular weight is 494 g/mol. The molecule has 0 amide bonds. The van der Waals surface area contributed by atoms with Crippen LogP contribution in [0.25, 0.3) is 32.8 Å². The predicted molar refractivity (Wildman–Crippen MR) is 121 cm³/mol. The van der Waals surface area contributed by atoms with Crippen molar-refractivity contribution in [3.8, 4) is 0 Å². The summed E-state index contributed by atoms with van der Waals surface area (Å²) >= 11 is 6.86. The maximum absolute atomic E-state index is 4.46. The third-order valence-electron chi connectivity index (χ3n) is 4.58. The Kier molecular flexibility index (Phi) is 4.37. The van der Waals surface area contributed by atoms with Crippen molar-refractivity contribution in [3.63, 3.8) is 0 Å². The zero-order valence-corrected chi connectivity index (χ0v) is 17.8. The number of pyridine rings is 2. The number of fused-ring (bicyclic) bond motifs is 6. The minimum Gasteiger partial charge on any atom is -0.239 e. The molecule has 0 N–H and O–H groups in total. The first kappa shape index (κ1) is 17.4. The summed E-state index contributed by atoms with van der Waals surface area (Å²) in [4.78, 5) is 0. The van der Waals surface area contributed by atoms with Gasteiger partial charge in [0.1, 0.15) is 0 Å². The molecule has 4 aromatic heterocycles. The van der Waals surface area contributed by atoms with E-state index in [1.807, 2.05) is 70.0 Å². The molecule has 136 valence electrons. The van der Waals surface area contributed by atoms with Crippen molar-refractivity contribution in [2.45, 2.75) is 0 Å². The Hall–Kier alpha value is -2.70. The van der Waals surface area contributed by atoms with Gasteiger partial charge in [0, 0.05) is 32.1 Å². The lowest BCUT2D eigenvalue weighted by atomic mass is 10.2. The molecule has 0 fully saturated rings. The molecular formula is C22H14Br2N4. The van der Waals surface area contributed by atoms with E-state index in [-0.39, 0.29) is 0 Å².